The van der Waals surface area contributed by atoms with Gasteiger partial charge in [-0.25, -0.2) is 9.18 Å². The predicted octanol–water partition coefficient (Wildman–Crippen LogP) is 4.87. The van der Waals surface area contributed by atoms with Crippen molar-refractivity contribution >= 4 is 33.9 Å². The molecule has 1 aliphatic heterocycles. The molecule has 1 aliphatic rings. The number of ether oxygens (including phenoxy) is 2. The van der Waals surface area contributed by atoms with Gasteiger partial charge in [0.1, 0.15) is 11.5 Å². The van der Waals surface area contributed by atoms with E-state index in [0.717, 1.165) is 11.3 Å². The van der Waals surface area contributed by atoms with E-state index in [1.807, 2.05) is 13.8 Å². The Kier molecular flexibility index (Phi) is 6.77. The average molecular weight is 477 g/mol. The molecule has 3 amide bonds. The number of nitrogens with one attached hydrogen (secondary N) is 1. The normalized spacial score (nSPS) is 16.0. The van der Waals surface area contributed by atoms with Crippen LogP contribution in [0.4, 0.5) is 9.18 Å². The molecule has 158 valence electrons. The number of nitrogens with zero attached hydrogens (tertiary/aromatic N) is 1. The van der Waals surface area contributed by atoms with Crippen molar-refractivity contribution in [1.82, 2.24) is 10.2 Å². The van der Waals surface area contributed by atoms with Gasteiger partial charge in [-0.1, -0.05) is 25.1 Å². The van der Waals surface area contributed by atoms with Crippen molar-refractivity contribution in [3.8, 4) is 11.5 Å². The first kappa shape index (κ1) is 21.8. The number of imide groups is 1. The average Bonchev–Trinajstić information content (AvgIpc) is 2.98. The Morgan fingerprint density at radius 3 is 2.67 bits per heavy atom. The van der Waals surface area contributed by atoms with E-state index in [0.29, 0.717) is 21.5 Å². The summed E-state index contributed by atoms with van der Waals surface area (Å²) in [5.74, 6) is 0.0628. The minimum Gasteiger partial charge on any atom is -0.493 e. The molecule has 2 aromatic rings. The molecule has 1 atom stereocenters. The molecule has 8 heteroatoms. The third-order valence-electron chi connectivity index (χ3n) is 4.71. The van der Waals surface area contributed by atoms with Crippen LogP contribution in [0.1, 0.15) is 31.4 Å². The van der Waals surface area contributed by atoms with Crippen LogP contribution in [-0.2, 0) is 11.3 Å². The molecule has 0 aliphatic carbocycles. The largest absolute Gasteiger partial charge is 0.493 e. The maximum atomic E-state index is 13.9. The lowest BCUT2D eigenvalue weighted by molar-refractivity contribution is -0.123. The van der Waals surface area contributed by atoms with Crippen LogP contribution in [0, 0.1) is 5.82 Å². The van der Waals surface area contributed by atoms with E-state index in [4.69, 9.17) is 9.47 Å². The van der Waals surface area contributed by atoms with E-state index in [2.05, 4.69) is 21.2 Å². The summed E-state index contributed by atoms with van der Waals surface area (Å²) in [7, 11) is 1.53. The van der Waals surface area contributed by atoms with Gasteiger partial charge in [0.25, 0.3) is 5.91 Å². The molecule has 0 aromatic heterocycles. The number of rotatable bonds is 7. The van der Waals surface area contributed by atoms with Crippen LogP contribution in [-0.4, -0.2) is 30.1 Å². The maximum absolute atomic E-state index is 13.9. The SMILES string of the molecule is CC[C@H](C)Oc1c(Br)cc(/C=C2/NC(=O)N(Cc3ccccc3F)C2=O)cc1OC. The van der Waals surface area contributed by atoms with Crippen LogP contribution in [0.5, 0.6) is 11.5 Å². The van der Waals surface area contributed by atoms with Gasteiger partial charge in [0.05, 0.1) is 24.2 Å². The summed E-state index contributed by atoms with van der Waals surface area (Å²) >= 11 is 3.48. The summed E-state index contributed by atoms with van der Waals surface area (Å²) in [6.45, 7) is 3.83. The minimum atomic E-state index is -0.600. The number of halogens is 2. The molecular formula is C22H22BrFN2O4. The highest BCUT2D eigenvalue weighted by molar-refractivity contribution is 9.10. The Morgan fingerprint density at radius 2 is 2.00 bits per heavy atom. The van der Waals surface area contributed by atoms with Crippen LogP contribution < -0.4 is 14.8 Å². The zero-order valence-corrected chi connectivity index (χ0v) is 18.5. The summed E-state index contributed by atoms with van der Waals surface area (Å²) in [5, 5.41) is 2.54. The molecular weight excluding hydrogens is 455 g/mol. The monoisotopic (exact) mass is 476 g/mol. The van der Waals surface area contributed by atoms with Crippen molar-refractivity contribution in [3.63, 3.8) is 0 Å². The Balaban J connectivity index is 1.86. The highest BCUT2D eigenvalue weighted by Gasteiger charge is 2.34. The molecule has 0 bridgehead atoms. The molecule has 0 radical (unpaired) electrons. The van der Waals surface area contributed by atoms with Gasteiger partial charge >= 0.3 is 6.03 Å². The third kappa shape index (κ3) is 4.64. The molecule has 6 nitrogen and oxygen atoms in total. The second kappa shape index (κ2) is 9.30. The van der Waals surface area contributed by atoms with Gasteiger partial charge in [-0.15, -0.1) is 0 Å². The molecule has 1 heterocycles. The van der Waals surface area contributed by atoms with Gasteiger partial charge in [-0.2, -0.15) is 0 Å². The van der Waals surface area contributed by atoms with Gasteiger partial charge in [-0.3, -0.25) is 9.69 Å². The summed E-state index contributed by atoms with van der Waals surface area (Å²) in [6, 6.07) is 8.92. The van der Waals surface area contributed by atoms with Crippen molar-refractivity contribution in [1.29, 1.82) is 0 Å². The molecule has 30 heavy (non-hydrogen) atoms. The molecule has 2 aromatic carbocycles. The van der Waals surface area contributed by atoms with Crippen molar-refractivity contribution in [2.24, 2.45) is 0 Å². The predicted molar refractivity (Wildman–Crippen MR) is 115 cm³/mol. The number of carbonyl (C=O) groups excluding carboxylic acids is 2. The highest BCUT2D eigenvalue weighted by atomic mass is 79.9. The van der Waals surface area contributed by atoms with Crippen molar-refractivity contribution in [2.75, 3.05) is 7.11 Å². The number of benzene rings is 2. The van der Waals surface area contributed by atoms with Crippen LogP contribution in [0.25, 0.3) is 6.08 Å². The first-order chi connectivity index (χ1) is 14.3. The number of amides is 3. The first-order valence-electron chi connectivity index (χ1n) is 9.46. The molecule has 0 spiro atoms. The van der Waals surface area contributed by atoms with Gasteiger partial charge in [0.2, 0.25) is 0 Å². The maximum Gasteiger partial charge on any atom is 0.329 e. The smallest absolute Gasteiger partial charge is 0.329 e. The lowest BCUT2D eigenvalue weighted by atomic mass is 10.1. The summed E-state index contributed by atoms with van der Waals surface area (Å²) in [6.07, 6.45) is 2.38. The van der Waals surface area contributed by atoms with E-state index in [-0.39, 0.29) is 23.9 Å². The summed E-state index contributed by atoms with van der Waals surface area (Å²) in [4.78, 5) is 26.0. The van der Waals surface area contributed by atoms with E-state index in [9.17, 15) is 14.0 Å². The van der Waals surface area contributed by atoms with Gasteiger partial charge in [-0.05, 0) is 59.1 Å². The Morgan fingerprint density at radius 1 is 1.27 bits per heavy atom. The molecule has 3 rings (SSSR count). The number of methoxy groups -OCH3 is 1. The van der Waals surface area contributed by atoms with E-state index < -0.39 is 17.8 Å². The molecule has 0 saturated carbocycles. The summed E-state index contributed by atoms with van der Waals surface area (Å²) in [5.41, 5.74) is 0.991. The fourth-order valence-corrected chi connectivity index (χ4v) is 3.45. The van der Waals surface area contributed by atoms with Crippen molar-refractivity contribution in [3.05, 3.63) is 63.5 Å². The van der Waals surface area contributed by atoms with E-state index in [1.54, 1.807) is 30.3 Å². The first-order valence-corrected chi connectivity index (χ1v) is 10.3. The van der Waals surface area contributed by atoms with E-state index >= 15 is 0 Å². The van der Waals surface area contributed by atoms with Gasteiger partial charge < -0.3 is 14.8 Å². The number of hydrogen-bond acceptors (Lipinski definition) is 4. The van der Waals surface area contributed by atoms with Crippen LogP contribution in [0.15, 0.2) is 46.6 Å². The number of hydrogen-bond donors (Lipinski definition) is 1. The number of urea groups is 1. The second-order valence-electron chi connectivity index (χ2n) is 6.84. The zero-order valence-electron chi connectivity index (χ0n) is 16.9. The fraction of sp³-hybridized carbons (Fsp3) is 0.273. The lowest BCUT2D eigenvalue weighted by Crippen LogP contribution is -2.30. The standard InChI is InChI=1S/C22H22BrFN2O4/c1-4-13(2)30-20-16(23)9-14(11-19(20)29-3)10-18-21(27)26(22(28)25-18)12-15-7-5-6-8-17(15)24/h5-11,13H,4,12H2,1-3H3,(H,25,28)/b18-10+/t13-/m0/s1. The summed E-state index contributed by atoms with van der Waals surface area (Å²) < 4.78 is 25.9. The van der Waals surface area contributed by atoms with Crippen molar-refractivity contribution < 1.29 is 23.5 Å². The molecule has 1 N–H and O–H groups in total. The highest BCUT2D eigenvalue weighted by Crippen LogP contribution is 2.38. The van der Waals surface area contributed by atoms with Crippen LogP contribution in [0.3, 0.4) is 0 Å². The Labute approximate surface area is 182 Å². The third-order valence-corrected chi connectivity index (χ3v) is 5.29. The van der Waals surface area contributed by atoms with Crippen molar-refractivity contribution in [2.45, 2.75) is 32.9 Å². The zero-order chi connectivity index (χ0) is 21.8. The Hall–Kier alpha value is -2.87. The number of carbonyl (C=O) groups is 2. The topological polar surface area (TPSA) is 67.9 Å². The fourth-order valence-electron chi connectivity index (χ4n) is 2.90. The van der Waals surface area contributed by atoms with Gasteiger partial charge in [0.15, 0.2) is 11.5 Å². The molecule has 1 saturated heterocycles. The second-order valence-corrected chi connectivity index (χ2v) is 7.70. The van der Waals surface area contributed by atoms with Crippen LogP contribution in [0.2, 0.25) is 0 Å². The lowest BCUT2D eigenvalue weighted by Gasteiger charge is -2.17. The van der Waals surface area contributed by atoms with Crippen LogP contribution >= 0.6 is 15.9 Å². The Bertz CT molecular complexity index is 1010. The molecule has 0 unspecified atom stereocenters. The molecule has 1 fully saturated rings. The van der Waals surface area contributed by atoms with Gasteiger partial charge in [0, 0.05) is 5.56 Å². The van der Waals surface area contributed by atoms with E-state index in [1.165, 1.54) is 19.2 Å². The quantitative estimate of drug-likeness (QED) is 0.457. The minimum absolute atomic E-state index is 0.00189.